The molecule has 1 atom stereocenters. The van der Waals surface area contributed by atoms with Crippen molar-refractivity contribution in [1.82, 2.24) is 4.90 Å². The Bertz CT molecular complexity index is 1280. The van der Waals surface area contributed by atoms with Crippen molar-refractivity contribution in [1.29, 1.82) is 0 Å². The van der Waals surface area contributed by atoms with Gasteiger partial charge < -0.3 is 14.5 Å². The van der Waals surface area contributed by atoms with Crippen molar-refractivity contribution in [2.45, 2.75) is 58.9 Å². The Morgan fingerprint density at radius 3 is 2.54 bits per heavy atom. The Hall–Kier alpha value is -2.84. The van der Waals surface area contributed by atoms with Crippen LogP contribution in [0.3, 0.4) is 0 Å². The summed E-state index contributed by atoms with van der Waals surface area (Å²) in [5.74, 6) is -0.129. The fourth-order valence-electron chi connectivity index (χ4n) is 5.96. The summed E-state index contributed by atoms with van der Waals surface area (Å²) >= 11 is 1.31. The minimum atomic E-state index is -0.298. The number of anilines is 2. The second kappa shape index (κ2) is 11.3. The van der Waals surface area contributed by atoms with Crippen LogP contribution in [0.15, 0.2) is 46.3 Å². The predicted molar refractivity (Wildman–Crippen MR) is 161 cm³/mol. The number of nitrogens with zero attached hydrogens (tertiary/aromatic N) is 4. The number of rotatable bonds is 6. The van der Waals surface area contributed by atoms with Gasteiger partial charge in [-0.1, -0.05) is 13.8 Å². The number of amidine groups is 1. The number of ether oxygens (including phenoxy) is 1. The molecule has 3 aliphatic heterocycles. The van der Waals surface area contributed by atoms with Crippen molar-refractivity contribution in [3.8, 4) is 0 Å². The average molecular weight is 551 g/mol. The third-order valence-corrected chi connectivity index (χ3v) is 8.90. The second-order valence-electron chi connectivity index (χ2n) is 11.2. The number of halogens is 1. The molecule has 0 aliphatic carbocycles. The van der Waals surface area contributed by atoms with E-state index in [0.29, 0.717) is 28.1 Å². The van der Waals surface area contributed by atoms with Gasteiger partial charge in [-0.05, 0) is 99.3 Å². The fourth-order valence-corrected chi connectivity index (χ4v) is 7.01. The Balaban J connectivity index is 1.42. The van der Waals surface area contributed by atoms with E-state index in [9.17, 15) is 4.79 Å². The zero-order valence-electron chi connectivity index (χ0n) is 23.7. The standard InChI is InChI=1S/C31H39FN4O2S/c1-6-12-36-27-19-26(32)22(17-25(27)21(3)20-31(36,4)5)18-28-29(37)35(7-2)30(39-28)33-23-8-10-24(11-9-23)34-13-15-38-16-14-34/h8-11,17-19,21H,6-7,12-16,20H2,1-5H3/b28-18+,33-30?. The molecule has 5 rings (SSSR count). The van der Waals surface area contributed by atoms with Gasteiger partial charge in [0.05, 0.1) is 23.8 Å². The lowest BCUT2D eigenvalue weighted by atomic mass is 9.79. The van der Waals surface area contributed by atoms with Gasteiger partial charge in [0.15, 0.2) is 5.17 Å². The Kier molecular flexibility index (Phi) is 8.06. The summed E-state index contributed by atoms with van der Waals surface area (Å²) in [7, 11) is 0. The molecule has 2 fully saturated rings. The van der Waals surface area contributed by atoms with Gasteiger partial charge in [0.2, 0.25) is 0 Å². The number of likely N-dealkylation sites (N-methyl/N-ethyl adjacent to an activating group) is 1. The average Bonchev–Trinajstić information content (AvgIpc) is 3.21. The maximum atomic E-state index is 15.5. The quantitative estimate of drug-likeness (QED) is 0.371. The number of benzene rings is 2. The lowest BCUT2D eigenvalue weighted by Gasteiger charge is -2.47. The molecule has 6 nitrogen and oxygen atoms in total. The lowest BCUT2D eigenvalue weighted by molar-refractivity contribution is -0.122. The van der Waals surface area contributed by atoms with E-state index in [4.69, 9.17) is 9.73 Å². The summed E-state index contributed by atoms with van der Waals surface area (Å²) < 4.78 is 21.0. The SMILES string of the molecule is CCCN1c2cc(F)c(/C=C3/SC(=Nc4ccc(N5CCOCC5)cc4)N(CC)C3=O)cc2C(C)CC1(C)C. The molecule has 2 aromatic carbocycles. The number of carbonyl (C=O) groups excluding carboxylic acids is 1. The van der Waals surface area contributed by atoms with E-state index in [1.807, 2.05) is 25.1 Å². The van der Waals surface area contributed by atoms with E-state index in [1.54, 1.807) is 17.0 Å². The summed E-state index contributed by atoms with van der Waals surface area (Å²) in [6.07, 6.45) is 3.70. The molecular weight excluding hydrogens is 511 g/mol. The number of morpholine rings is 1. The minimum absolute atomic E-state index is 0.0283. The monoisotopic (exact) mass is 550 g/mol. The molecule has 3 aliphatic rings. The summed E-state index contributed by atoms with van der Waals surface area (Å²) in [6, 6.07) is 11.7. The number of fused-ring (bicyclic) bond motifs is 1. The van der Waals surface area contributed by atoms with Gasteiger partial charge in [0.25, 0.3) is 5.91 Å². The van der Waals surface area contributed by atoms with Crippen molar-refractivity contribution < 1.29 is 13.9 Å². The molecule has 39 heavy (non-hydrogen) atoms. The van der Waals surface area contributed by atoms with Crippen molar-refractivity contribution in [3.63, 3.8) is 0 Å². The highest BCUT2D eigenvalue weighted by molar-refractivity contribution is 8.18. The first-order valence-electron chi connectivity index (χ1n) is 14.1. The highest BCUT2D eigenvalue weighted by Crippen LogP contribution is 2.45. The second-order valence-corrected chi connectivity index (χ2v) is 12.2. The van der Waals surface area contributed by atoms with Crippen LogP contribution < -0.4 is 9.80 Å². The van der Waals surface area contributed by atoms with Crippen molar-refractivity contribution >= 4 is 46.0 Å². The van der Waals surface area contributed by atoms with Crippen molar-refractivity contribution in [2.75, 3.05) is 49.2 Å². The molecule has 208 valence electrons. The van der Waals surface area contributed by atoms with Crippen LogP contribution in [0.25, 0.3) is 6.08 Å². The van der Waals surface area contributed by atoms with Crippen molar-refractivity contribution in [2.24, 2.45) is 4.99 Å². The van der Waals surface area contributed by atoms with Crippen molar-refractivity contribution in [3.05, 3.63) is 58.2 Å². The first kappa shape index (κ1) is 27.7. The number of amides is 1. The normalized spacial score (nSPS) is 23.2. The van der Waals surface area contributed by atoms with Gasteiger partial charge in [-0.25, -0.2) is 9.38 Å². The molecule has 0 spiro atoms. The lowest BCUT2D eigenvalue weighted by Crippen LogP contribution is -2.48. The highest BCUT2D eigenvalue weighted by Gasteiger charge is 2.37. The smallest absolute Gasteiger partial charge is 0.266 e. The molecular formula is C31H39FN4O2S. The van der Waals surface area contributed by atoms with E-state index < -0.39 is 0 Å². The van der Waals surface area contributed by atoms with Crippen LogP contribution in [0, 0.1) is 5.82 Å². The zero-order valence-corrected chi connectivity index (χ0v) is 24.5. The van der Waals surface area contributed by atoms with Crippen LogP contribution in [0.2, 0.25) is 0 Å². The van der Waals surface area contributed by atoms with Crippen LogP contribution in [0.5, 0.6) is 0 Å². The summed E-state index contributed by atoms with van der Waals surface area (Å²) in [4.78, 5) is 24.9. The van der Waals surface area contributed by atoms with Crippen LogP contribution >= 0.6 is 11.8 Å². The number of hydrogen-bond donors (Lipinski definition) is 0. The first-order chi connectivity index (χ1) is 18.7. The van der Waals surface area contributed by atoms with Gasteiger partial charge in [-0.2, -0.15) is 0 Å². The van der Waals surface area contributed by atoms with E-state index in [1.165, 1.54) is 11.8 Å². The molecule has 1 unspecified atom stereocenters. The number of thioether (sulfide) groups is 1. The Labute approximate surface area is 235 Å². The van der Waals surface area contributed by atoms with Gasteiger partial charge in [-0.3, -0.25) is 9.69 Å². The predicted octanol–water partition coefficient (Wildman–Crippen LogP) is 6.79. The molecule has 2 aromatic rings. The molecule has 0 saturated carbocycles. The van der Waals surface area contributed by atoms with Crippen LogP contribution in [0.1, 0.15) is 64.5 Å². The van der Waals surface area contributed by atoms with Gasteiger partial charge in [0.1, 0.15) is 5.82 Å². The van der Waals surface area contributed by atoms with E-state index in [0.717, 1.165) is 68.3 Å². The number of hydrogen-bond acceptors (Lipinski definition) is 6. The van der Waals surface area contributed by atoms with Gasteiger partial charge in [0, 0.05) is 48.7 Å². The summed E-state index contributed by atoms with van der Waals surface area (Å²) in [6.45, 7) is 15.4. The molecule has 0 radical (unpaired) electrons. The topological polar surface area (TPSA) is 48.4 Å². The maximum Gasteiger partial charge on any atom is 0.266 e. The molecule has 0 bridgehead atoms. The summed E-state index contributed by atoms with van der Waals surface area (Å²) in [5, 5.41) is 0.621. The highest BCUT2D eigenvalue weighted by atomic mass is 32.2. The number of aliphatic imine (C=N–C) groups is 1. The molecule has 3 heterocycles. The molecule has 2 saturated heterocycles. The first-order valence-corrected chi connectivity index (χ1v) is 14.9. The zero-order chi connectivity index (χ0) is 27.7. The third-order valence-electron chi connectivity index (χ3n) is 7.89. The van der Waals surface area contributed by atoms with Gasteiger partial charge >= 0.3 is 0 Å². The van der Waals surface area contributed by atoms with Gasteiger partial charge in [-0.15, -0.1) is 0 Å². The molecule has 8 heteroatoms. The Morgan fingerprint density at radius 1 is 1.15 bits per heavy atom. The van der Waals surface area contributed by atoms with Crippen LogP contribution in [-0.2, 0) is 9.53 Å². The molecule has 0 aromatic heterocycles. The van der Waals surface area contributed by atoms with Crippen LogP contribution in [-0.4, -0.2) is 60.9 Å². The molecule has 1 amide bonds. The maximum absolute atomic E-state index is 15.5. The van der Waals surface area contributed by atoms with E-state index in [2.05, 4.69) is 49.6 Å². The Morgan fingerprint density at radius 2 is 1.87 bits per heavy atom. The number of carbonyl (C=O) groups is 1. The minimum Gasteiger partial charge on any atom is -0.378 e. The van der Waals surface area contributed by atoms with Crippen LogP contribution in [0.4, 0.5) is 21.5 Å². The fraction of sp³-hybridized carbons (Fsp3) is 0.484. The van der Waals surface area contributed by atoms with E-state index >= 15 is 4.39 Å². The largest absolute Gasteiger partial charge is 0.378 e. The molecule has 0 N–H and O–H groups in total. The third kappa shape index (κ3) is 5.59. The summed E-state index contributed by atoms with van der Waals surface area (Å²) in [5.41, 5.74) is 4.48. The van der Waals surface area contributed by atoms with E-state index in [-0.39, 0.29) is 17.3 Å².